The second-order valence-electron chi connectivity index (χ2n) is 8.93. The highest BCUT2D eigenvalue weighted by Crippen LogP contribution is 2.25. The highest BCUT2D eigenvalue weighted by atomic mass is 35.5. The second-order valence-corrected chi connectivity index (χ2v) is 8.93. The van der Waals surface area contributed by atoms with Gasteiger partial charge >= 0.3 is 0 Å². The molecule has 0 aliphatic carbocycles. The van der Waals surface area contributed by atoms with E-state index in [0.29, 0.717) is 12.1 Å². The Morgan fingerprint density at radius 2 is 1.94 bits per heavy atom. The monoisotopic (exact) mass is 493 g/mol. The fourth-order valence-electron chi connectivity index (χ4n) is 4.27. The van der Waals surface area contributed by atoms with Gasteiger partial charge in [0.2, 0.25) is 5.91 Å². The number of halogens is 1. The van der Waals surface area contributed by atoms with Crippen molar-refractivity contribution in [1.82, 2.24) is 15.3 Å². The number of hydrogen-bond acceptors (Lipinski definition) is 4. The minimum atomic E-state index is 0. The van der Waals surface area contributed by atoms with Crippen LogP contribution in [0.3, 0.4) is 0 Å². The molecule has 35 heavy (non-hydrogen) atoms. The number of aromatic nitrogens is 2. The molecular weight excluding hydrogens is 458 g/mol. The third kappa shape index (κ3) is 7.68. The van der Waals surface area contributed by atoms with Crippen LogP contribution >= 0.6 is 12.4 Å². The Morgan fingerprint density at radius 3 is 2.54 bits per heavy atom. The number of H-pyrrole nitrogens is 1. The first-order chi connectivity index (χ1) is 16.4. The average molecular weight is 494 g/mol. The van der Waals surface area contributed by atoms with Gasteiger partial charge in [-0.05, 0) is 61.6 Å². The molecule has 3 aromatic rings. The molecule has 7 heteroatoms. The molecule has 0 aliphatic rings. The molecule has 6 nitrogen and oxygen atoms in total. The summed E-state index contributed by atoms with van der Waals surface area (Å²) in [5.41, 5.74) is 6.08. The van der Waals surface area contributed by atoms with E-state index in [1.807, 2.05) is 47.5 Å². The lowest BCUT2D eigenvalue weighted by molar-refractivity contribution is -0.116. The van der Waals surface area contributed by atoms with Crippen LogP contribution in [0.1, 0.15) is 67.1 Å². The molecule has 0 spiro atoms. The van der Waals surface area contributed by atoms with Crippen molar-refractivity contribution in [3.8, 4) is 6.07 Å². The number of imidazole rings is 1. The van der Waals surface area contributed by atoms with Crippen molar-refractivity contribution in [1.29, 1.82) is 5.26 Å². The van der Waals surface area contributed by atoms with E-state index in [0.717, 1.165) is 48.2 Å². The van der Waals surface area contributed by atoms with E-state index < -0.39 is 0 Å². The molecule has 1 amide bonds. The van der Waals surface area contributed by atoms with Gasteiger partial charge in [0.25, 0.3) is 0 Å². The Morgan fingerprint density at radius 1 is 1.20 bits per heavy atom. The van der Waals surface area contributed by atoms with E-state index in [1.165, 1.54) is 5.56 Å². The number of rotatable bonds is 11. The van der Waals surface area contributed by atoms with Gasteiger partial charge in [-0.25, -0.2) is 4.98 Å². The van der Waals surface area contributed by atoms with Crippen LogP contribution in [0.5, 0.6) is 0 Å². The van der Waals surface area contributed by atoms with Crippen LogP contribution in [0.15, 0.2) is 55.0 Å². The number of unbranched alkanes of at least 4 members (excludes halogenated alkanes) is 1. The Hall–Kier alpha value is -3.14. The minimum absolute atomic E-state index is 0. The van der Waals surface area contributed by atoms with E-state index in [9.17, 15) is 4.79 Å². The highest BCUT2D eigenvalue weighted by Gasteiger charge is 2.24. The number of aromatic amines is 1. The molecule has 0 aliphatic heterocycles. The van der Waals surface area contributed by atoms with Crippen molar-refractivity contribution >= 4 is 24.0 Å². The maximum atomic E-state index is 12.7. The third-order valence-corrected chi connectivity index (χ3v) is 6.41. The molecule has 1 unspecified atom stereocenters. The summed E-state index contributed by atoms with van der Waals surface area (Å²) in [4.78, 5) is 22.1. The number of anilines is 1. The summed E-state index contributed by atoms with van der Waals surface area (Å²) in [6, 6.07) is 16.1. The quantitative estimate of drug-likeness (QED) is 0.353. The van der Waals surface area contributed by atoms with Gasteiger partial charge in [0, 0.05) is 31.4 Å². The Balaban J connectivity index is 0.00000432. The molecule has 2 atom stereocenters. The standard InChI is InChI=1S/C28H35N5O.ClH/c1-5-6-9-25(18-33(22(4)34)28-10-7-8-20(2)21(28)3)32-26(27-17-30-19-31-27)15-23-11-13-24(16-29)14-12-23;/h7-8,10-14,17,19,25-26,32H,5-6,9,15,18H2,1-4H3,(H,30,31);1H/t25?,26-;/m0./s1. The van der Waals surface area contributed by atoms with Crippen LogP contribution in [0, 0.1) is 25.2 Å². The number of nitrogens with one attached hydrogen (secondary N) is 2. The van der Waals surface area contributed by atoms with E-state index in [4.69, 9.17) is 5.26 Å². The van der Waals surface area contributed by atoms with Crippen LogP contribution in [-0.4, -0.2) is 28.5 Å². The highest BCUT2D eigenvalue weighted by molar-refractivity contribution is 5.92. The Bertz CT molecular complexity index is 1110. The van der Waals surface area contributed by atoms with Gasteiger partial charge in [-0.15, -0.1) is 12.4 Å². The molecule has 1 heterocycles. The third-order valence-electron chi connectivity index (χ3n) is 6.41. The number of amides is 1. The van der Waals surface area contributed by atoms with Crippen molar-refractivity contribution in [3.63, 3.8) is 0 Å². The molecule has 0 fully saturated rings. The summed E-state index contributed by atoms with van der Waals surface area (Å²) in [6.07, 6.45) is 7.42. The van der Waals surface area contributed by atoms with E-state index in [2.05, 4.69) is 48.2 Å². The van der Waals surface area contributed by atoms with Gasteiger partial charge < -0.3 is 15.2 Å². The summed E-state index contributed by atoms with van der Waals surface area (Å²) >= 11 is 0. The van der Waals surface area contributed by atoms with Crippen LogP contribution in [0.4, 0.5) is 5.69 Å². The zero-order valence-corrected chi connectivity index (χ0v) is 21.9. The number of nitrogens with zero attached hydrogens (tertiary/aromatic N) is 3. The smallest absolute Gasteiger partial charge is 0.223 e. The first-order valence-electron chi connectivity index (χ1n) is 12.0. The summed E-state index contributed by atoms with van der Waals surface area (Å²) in [7, 11) is 0. The second kappa shape index (κ2) is 13.7. The van der Waals surface area contributed by atoms with Gasteiger partial charge in [-0.2, -0.15) is 5.26 Å². The summed E-state index contributed by atoms with van der Waals surface area (Å²) in [5, 5.41) is 12.9. The first kappa shape index (κ1) is 28.1. The molecule has 1 aromatic heterocycles. The van der Waals surface area contributed by atoms with Crippen LogP contribution in [0.2, 0.25) is 0 Å². The molecule has 2 aromatic carbocycles. The molecule has 3 rings (SSSR count). The van der Waals surface area contributed by atoms with E-state index in [1.54, 1.807) is 13.3 Å². The van der Waals surface area contributed by atoms with Crippen molar-refractivity contribution in [2.75, 3.05) is 11.4 Å². The van der Waals surface area contributed by atoms with Gasteiger partial charge in [0.1, 0.15) is 0 Å². The molecule has 0 radical (unpaired) electrons. The number of hydrogen-bond donors (Lipinski definition) is 2. The van der Waals surface area contributed by atoms with Gasteiger partial charge in [-0.3, -0.25) is 4.79 Å². The average Bonchev–Trinajstić information content (AvgIpc) is 3.37. The normalized spacial score (nSPS) is 12.3. The summed E-state index contributed by atoms with van der Waals surface area (Å²) in [5.74, 6) is 0.0437. The number of aryl methyl sites for hydroxylation is 1. The molecule has 186 valence electrons. The molecular formula is C28H36ClN5O. The number of carbonyl (C=O) groups excluding carboxylic acids is 1. The Labute approximate surface area is 215 Å². The fraction of sp³-hybridized carbons (Fsp3) is 0.393. The first-order valence-corrected chi connectivity index (χ1v) is 12.0. The van der Waals surface area contributed by atoms with Crippen molar-refractivity contribution < 1.29 is 4.79 Å². The SMILES string of the molecule is CCCCC(CN(C(C)=O)c1cccc(C)c1C)N[C@@H](Cc1ccc(C#N)cc1)c1cnc[nH]1.Cl. The summed E-state index contributed by atoms with van der Waals surface area (Å²) in [6.45, 7) is 8.58. The van der Waals surface area contributed by atoms with Crippen molar-refractivity contribution in [3.05, 3.63) is 82.9 Å². The predicted molar refractivity (Wildman–Crippen MR) is 144 cm³/mol. The van der Waals surface area contributed by atoms with E-state index in [-0.39, 0.29) is 30.4 Å². The minimum Gasteiger partial charge on any atom is -0.347 e. The lowest BCUT2D eigenvalue weighted by Gasteiger charge is -2.32. The number of nitriles is 1. The van der Waals surface area contributed by atoms with Crippen LogP contribution < -0.4 is 10.2 Å². The lowest BCUT2D eigenvalue weighted by atomic mass is 9.99. The largest absolute Gasteiger partial charge is 0.347 e. The van der Waals surface area contributed by atoms with Gasteiger partial charge in [0.15, 0.2) is 0 Å². The van der Waals surface area contributed by atoms with Crippen molar-refractivity contribution in [2.24, 2.45) is 0 Å². The molecule has 2 N–H and O–H groups in total. The van der Waals surface area contributed by atoms with Crippen molar-refractivity contribution in [2.45, 2.75) is 65.5 Å². The zero-order valence-electron chi connectivity index (χ0n) is 21.0. The molecule has 0 bridgehead atoms. The molecule has 0 saturated carbocycles. The van der Waals surface area contributed by atoms with Gasteiger partial charge in [-0.1, -0.05) is 44.0 Å². The van der Waals surface area contributed by atoms with Crippen LogP contribution in [-0.2, 0) is 11.2 Å². The zero-order chi connectivity index (χ0) is 24.5. The summed E-state index contributed by atoms with van der Waals surface area (Å²) < 4.78 is 0. The van der Waals surface area contributed by atoms with Crippen LogP contribution in [0.25, 0.3) is 0 Å². The van der Waals surface area contributed by atoms with E-state index >= 15 is 0 Å². The number of benzene rings is 2. The molecule has 0 saturated heterocycles. The van der Waals surface area contributed by atoms with Gasteiger partial charge in [0.05, 0.1) is 29.7 Å². The lowest BCUT2D eigenvalue weighted by Crippen LogP contribution is -2.45. The fourth-order valence-corrected chi connectivity index (χ4v) is 4.27. The Kier molecular flexibility index (Phi) is 11.0. The topological polar surface area (TPSA) is 84.8 Å². The maximum absolute atomic E-state index is 12.7. The predicted octanol–water partition coefficient (Wildman–Crippen LogP) is 5.81. The number of carbonyl (C=O) groups is 1. The maximum Gasteiger partial charge on any atom is 0.223 e.